The van der Waals surface area contributed by atoms with Crippen LogP contribution >= 0.6 is 12.6 Å². The van der Waals surface area contributed by atoms with E-state index >= 15 is 0 Å². The molecule has 12 heavy (non-hydrogen) atoms. The highest BCUT2D eigenvalue weighted by molar-refractivity contribution is 7.96. The molecule has 3 heteroatoms. The number of hydrogen-bond acceptors (Lipinski definition) is 1. The Hall–Kier alpha value is -0.960. The molecular formula is C9H11NOS. The molecule has 0 aliphatic carbocycles. The minimum absolute atomic E-state index is 0.330. The number of hydrogen-bond donors (Lipinski definition) is 2. The van der Waals surface area contributed by atoms with Gasteiger partial charge in [-0.1, -0.05) is 24.8 Å². The van der Waals surface area contributed by atoms with Gasteiger partial charge < -0.3 is 5.32 Å². The van der Waals surface area contributed by atoms with E-state index in [0.717, 1.165) is 16.8 Å². The Bertz CT molecular complexity index is 309. The predicted molar refractivity (Wildman–Crippen MR) is 53.9 cm³/mol. The molecule has 0 aliphatic rings. The van der Waals surface area contributed by atoms with Gasteiger partial charge in [-0.25, -0.2) is 0 Å². The molecule has 64 valence electrons. The molecule has 1 aromatic carbocycles. The normalized spacial score (nSPS) is 9.58. The van der Waals surface area contributed by atoms with Crippen LogP contribution in [-0.4, -0.2) is 5.24 Å². The van der Waals surface area contributed by atoms with Crippen LogP contribution in [0.25, 0.3) is 0 Å². The maximum Gasteiger partial charge on any atom is 0.280 e. The molecule has 0 aromatic heterocycles. The van der Waals surface area contributed by atoms with Crippen LogP contribution in [-0.2, 0) is 0 Å². The topological polar surface area (TPSA) is 29.1 Å². The van der Waals surface area contributed by atoms with Crippen molar-refractivity contribution in [2.24, 2.45) is 0 Å². The van der Waals surface area contributed by atoms with Gasteiger partial charge in [0, 0.05) is 5.69 Å². The third-order valence-corrected chi connectivity index (χ3v) is 1.75. The minimum Gasteiger partial charge on any atom is -0.317 e. The summed E-state index contributed by atoms with van der Waals surface area (Å²) in [6.45, 7) is 3.92. The molecule has 0 unspecified atom stereocenters. The lowest BCUT2D eigenvalue weighted by atomic mass is 10.1. The summed E-state index contributed by atoms with van der Waals surface area (Å²) in [6.07, 6.45) is 0. The van der Waals surface area contributed by atoms with Crippen molar-refractivity contribution in [3.05, 3.63) is 29.3 Å². The molecule has 0 heterocycles. The molecule has 0 bridgehead atoms. The molecule has 0 fully saturated rings. The van der Waals surface area contributed by atoms with Gasteiger partial charge in [0.1, 0.15) is 0 Å². The molecule has 1 amide bonds. The van der Waals surface area contributed by atoms with Crippen LogP contribution in [0.3, 0.4) is 0 Å². The lowest BCUT2D eigenvalue weighted by Crippen LogP contribution is -2.02. The average Bonchev–Trinajstić information content (AvgIpc) is 1.96. The summed E-state index contributed by atoms with van der Waals surface area (Å²) in [5.41, 5.74) is 3.00. The number of benzene rings is 1. The second-order valence-electron chi connectivity index (χ2n) is 2.75. The first-order chi connectivity index (χ1) is 5.59. The monoisotopic (exact) mass is 181 g/mol. The third kappa shape index (κ3) is 2.27. The molecule has 0 radical (unpaired) electrons. The third-order valence-electron chi connectivity index (χ3n) is 1.63. The summed E-state index contributed by atoms with van der Waals surface area (Å²) in [5.74, 6) is 0. The van der Waals surface area contributed by atoms with E-state index in [2.05, 4.69) is 17.9 Å². The lowest BCUT2D eigenvalue weighted by Gasteiger charge is -2.05. The summed E-state index contributed by atoms with van der Waals surface area (Å²) in [4.78, 5) is 10.6. The van der Waals surface area contributed by atoms with E-state index in [1.807, 2.05) is 32.0 Å². The standard InChI is InChI=1S/C9H11NOS/c1-6-3-4-7(2)8(5-6)10-9(11)12/h3-5H,1-2H3,(H2,10,11,12). The molecule has 2 nitrogen and oxygen atoms in total. The van der Waals surface area contributed by atoms with Gasteiger partial charge in [-0.05, 0) is 31.0 Å². The molecule has 0 saturated carbocycles. The summed E-state index contributed by atoms with van der Waals surface area (Å²) in [6, 6.07) is 5.89. The van der Waals surface area contributed by atoms with E-state index in [4.69, 9.17) is 0 Å². The highest BCUT2D eigenvalue weighted by atomic mass is 32.1. The lowest BCUT2D eigenvalue weighted by molar-refractivity contribution is 0.270. The Kier molecular flexibility index (Phi) is 2.76. The van der Waals surface area contributed by atoms with Gasteiger partial charge >= 0.3 is 0 Å². The maximum absolute atomic E-state index is 10.6. The van der Waals surface area contributed by atoms with E-state index < -0.39 is 0 Å². The van der Waals surface area contributed by atoms with Crippen molar-refractivity contribution in [3.63, 3.8) is 0 Å². The van der Waals surface area contributed by atoms with Crippen LogP contribution in [0.4, 0.5) is 10.5 Å². The smallest absolute Gasteiger partial charge is 0.280 e. The number of carbonyl (C=O) groups is 1. The number of aryl methyl sites for hydroxylation is 2. The van der Waals surface area contributed by atoms with Crippen LogP contribution in [0.1, 0.15) is 11.1 Å². The van der Waals surface area contributed by atoms with E-state index in [9.17, 15) is 4.79 Å². The number of rotatable bonds is 1. The first-order valence-electron chi connectivity index (χ1n) is 3.67. The fraction of sp³-hybridized carbons (Fsp3) is 0.222. The Morgan fingerprint density at radius 1 is 1.42 bits per heavy atom. The minimum atomic E-state index is -0.330. The van der Waals surface area contributed by atoms with Crippen LogP contribution in [0.15, 0.2) is 18.2 Å². The molecule has 0 atom stereocenters. The molecule has 0 saturated heterocycles. The van der Waals surface area contributed by atoms with E-state index in [-0.39, 0.29) is 5.24 Å². The van der Waals surface area contributed by atoms with Gasteiger partial charge in [0.15, 0.2) is 0 Å². The van der Waals surface area contributed by atoms with E-state index in [1.165, 1.54) is 0 Å². The highest BCUT2D eigenvalue weighted by Crippen LogP contribution is 2.16. The number of anilines is 1. The number of carbonyl (C=O) groups excluding carboxylic acids is 1. The molecular weight excluding hydrogens is 170 g/mol. The summed E-state index contributed by atoms with van der Waals surface area (Å²) in [5, 5.41) is 2.31. The van der Waals surface area contributed by atoms with Crippen LogP contribution in [0, 0.1) is 13.8 Å². The number of thiol groups is 1. The van der Waals surface area contributed by atoms with Crippen molar-refractivity contribution >= 4 is 23.6 Å². The second kappa shape index (κ2) is 3.63. The average molecular weight is 181 g/mol. The van der Waals surface area contributed by atoms with Crippen LogP contribution < -0.4 is 5.32 Å². The van der Waals surface area contributed by atoms with Crippen molar-refractivity contribution in [2.75, 3.05) is 5.32 Å². The molecule has 0 spiro atoms. The zero-order valence-corrected chi connectivity index (χ0v) is 7.98. The molecule has 1 rings (SSSR count). The fourth-order valence-electron chi connectivity index (χ4n) is 0.986. The van der Waals surface area contributed by atoms with Crippen molar-refractivity contribution < 1.29 is 4.79 Å². The van der Waals surface area contributed by atoms with Crippen LogP contribution in [0.5, 0.6) is 0 Å². The summed E-state index contributed by atoms with van der Waals surface area (Å²) in [7, 11) is 0. The number of nitrogens with one attached hydrogen (secondary N) is 1. The Balaban J connectivity index is 2.97. The first-order valence-corrected chi connectivity index (χ1v) is 4.11. The zero-order valence-electron chi connectivity index (χ0n) is 7.09. The Morgan fingerprint density at radius 3 is 2.67 bits per heavy atom. The van der Waals surface area contributed by atoms with Crippen molar-refractivity contribution in [1.29, 1.82) is 0 Å². The van der Waals surface area contributed by atoms with Crippen molar-refractivity contribution in [3.8, 4) is 0 Å². The van der Waals surface area contributed by atoms with E-state index in [1.54, 1.807) is 0 Å². The maximum atomic E-state index is 10.6. The van der Waals surface area contributed by atoms with Gasteiger partial charge in [0.05, 0.1) is 0 Å². The Labute approximate surface area is 77.4 Å². The second-order valence-corrected chi connectivity index (χ2v) is 3.15. The highest BCUT2D eigenvalue weighted by Gasteiger charge is 1.99. The summed E-state index contributed by atoms with van der Waals surface area (Å²) >= 11 is 3.64. The van der Waals surface area contributed by atoms with Crippen molar-refractivity contribution in [1.82, 2.24) is 0 Å². The van der Waals surface area contributed by atoms with Gasteiger partial charge in [-0.2, -0.15) is 0 Å². The SMILES string of the molecule is Cc1ccc(C)c(NC(=O)S)c1. The zero-order chi connectivity index (χ0) is 9.14. The molecule has 0 aliphatic heterocycles. The van der Waals surface area contributed by atoms with Gasteiger partial charge in [0.25, 0.3) is 5.24 Å². The quantitative estimate of drug-likeness (QED) is 0.641. The largest absolute Gasteiger partial charge is 0.317 e. The molecule has 1 N–H and O–H groups in total. The van der Waals surface area contributed by atoms with Gasteiger partial charge in [0.2, 0.25) is 0 Å². The Morgan fingerprint density at radius 2 is 2.08 bits per heavy atom. The first kappa shape index (κ1) is 9.13. The van der Waals surface area contributed by atoms with E-state index in [0.29, 0.717) is 0 Å². The van der Waals surface area contributed by atoms with Gasteiger partial charge in [-0.15, -0.1) is 0 Å². The van der Waals surface area contributed by atoms with Crippen LogP contribution in [0.2, 0.25) is 0 Å². The summed E-state index contributed by atoms with van der Waals surface area (Å²) < 4.78 is 0. The predicted octanol–water partition coefficient (Wildman–Crippen LogP) is 2.77. The van der Waals surface area contributed by atoms with Crippen molar-refractivity contribution in [2.45, 2.75) is 13.8 Å². The fourth-order valence-corrected chi connectivity index (χ4v) is 1.11. The van der Waals surface area contributed by atoms with Gasteiger partial charge in [-0.3, -0.25) is 4.79 Å². The molecule has 1 aromatic rings. The number of amides is 1.